The molecule has 3 nitrogen and oxygen atoms in total. The minimum atomic E-state index is -0.164. The molecular weight excluding hydrogens is 360 g/mol. The lowest BCUT2D eigenvalue weighted by molar-refractivity contribution is 0.0997. The lowest BCUT2D eigenvalue weighted by atomic mass is 10.1. The summed E-state index contributed by atoms with van der Waals surface area (Å²) in [6.45, 7) is 7.01. The maximum Gasteiger partial charge on any atom is 0.279 e. The normalized spacial score (nSPS) is 12.1. The van der Waals surface area contributed by atoms with Gasteiger partial charge in [-0.3, -0.25) is 4.79 Å². The van der Waals surface area contributed by atoms with Gasteiger partial charge in [0, 0.05) is 17.9 Å². The molecule has 0 aliphatic heterocycles. The van der Waals surface area contributed by atoms with Crippen molar-refractivity contribution in [3.63, 3.8) is 0 Å². The lowest BCUT2D eigenvalue weighted by Crippen LogP contribution is -2.18. The second kappa shape index (κ2) is 8.23. The van der Waals surface area contributed by atoms with Crippen LogP contribution in [0.1, 0.15) is 34.0 Å². The first-order valence-corrected chi connectivity index (χ1v) is 11.0. The summed E-state index contributed by atoms with van der Waals surface area (Å²) in [5.41, 5.74) is 5.28. The minimum Gasteiger partial charge on any atom is -0.316 e. The molecule has 5 heteroatoms. The number of carbonyl (C=O) groups is 1. The Morgan fingerprint density at radius 3 is 2.69 bits per heavy atom. The second-order valence-electron chi connectivity index (χ2n) is 6.42. The van der Waals surface area contributed by atoms with Crippen LogP contribution in [0.2, 0.25) is 0 Å². The number of aryl methyl sites for hydroxylation is 4. The van der Waals surface area contributed by atoms with Gasteiger partial charge in [0.1, 0.15) is 0 Å². The average Bonchev–Trinajstić information content (AvgIpc) is 2.95. The molecule has 136 valence electrons. The van der Waals surface area contributed by atoms with Crippen LogP contribution in [0.3, 0.4) is 0 Å². The van der Waals surface area contributed by atoms with Crippen molar-refractivity contribution in [1.29, 1.82) is 0 Å². The molecule has 26 heavy (non-hydrogen) atoms. The van der Waals surface area contributed by atoms with Crippen LogP contribution in [-0.4, -0.2) is 22.5 Å². The molecule has 0 N–H and O–H groups in total. The zero-order valence-electron chi connectivity index (χ0n) is 15.7. The van der Waals surface area contributed by atoms with Crippen LogP contribution in [-0.2, 0) is 13.0 Å². The van der Waals surface area contributed by atoms with Gasteiger partial charge in [0.2, 0.25) is 0 Å². The smallest absolute Gasteiger partial charge is 0.279 e. The van der Waals surface area contributed by atoms with E-state index in [0.717, 1.165) is 40.2 Å². The number of nitrogens with zero attached hydrogens (tertiary/aromatic N) is 2. The van der Waals surface area contributed by atoms with Gasteiger partial charge in [0.25, 0.3) is 5.91 Å². The predicted octanol–water partition coefficient (Wildman–Crippen LogP) is 4.99. The summed E-state index contributed by atoms with van der Waals surface area (Å²) < 4.78 is 3.37. The van der Waals surface area contributed by atoms with Crippen molar-refractivity contribution in [3.05, 3.63) is 63.5 Å². The maximum absolute atomic E-state index is 12.8. The van der Waals surface area contributed by atoms with Crippen molar-refractivity contribution in [1.82, 2.24) is 4.57 Å². The highest BCUT2D eigenvalue weighted by Gasteiger charge is 2.11. The van der Waals surface area contributed by atoms with Crippen molar-refractivity contribution in [3.8, 4) is 0 Å². The Kier molecular flexibility index (Phi) is 5.99. The van der Waals surface area contributed by atoms with Crippen LogP contribution >= 0.6 is 23.1 Å². The Balaban J connectivity index is 2.12. The lowest BCUT2D eigenvalue weighted by Gasteiger charge is -2.05. The number of carbonyl (C=O) groups excluding carboxylic acids is 1. The van der Waals surface area contributed by atoms with Crippen molar-refractivity contribution in [2.24, 2.45) is 4.99 Å². The second-order valence-corrected chi connectivity index (χ2v) is 8.41. The number of hydrogen-bond acceptors (Lipinski definition) is 3. The number of rotatable bonds is 5. The quantitative estimate of drug-likeness (QED) is 0.621. The van der Waals surface area contributed by atoms with Crippen LogP contribution in [0.25, 0.3) is 10.2 Å². The summed E-state index contributed by atoms with van der Waals surface area (Å²) >= 11 is 3.40. The van der Waals surface area contributed by atoms with Gasteiger partial charge in [-0.25, -0.2) is 0 Å². The Labute approximate surface area is 162 Å². The molecular formula is C21H24N2OS2. The predicted molar refractivity (Wildman–Crippen MR) is 113 cm³/mol. The summed E-state index contributed by atoms with van der Waals surface area (Å²) in [5, 5.41) is 0. The first-order valence-electron chi connectivity index (χ1n) is 8.81. The topological polar surface area (TPSA) is 34.4 Å². The highest BCUT2D eigenvalue weighted by molar-refractivity contribution is 7.98. The molecule has 0 radical (unpaired) electrons. The van der Waals surface area contributed by atoms with E-state index in [2.05, 4.69) is 40.9 Å². The first-order chi connectivity index (χ1) is 12.5. The Morgan fingerprint density at radius 1 is 1.19 bits per heavy atom. The molecule has 0 aliphatic carbocycles. The fourth-order valence-corrected chi connectivity index (χ4v) is 4.51. The van der Waals surface area contributed by atoms with Gasteiger partial charge in [-0.15, -0.1) is 0 Å². The van der Waals surface area contributed by atoms with E-state index in [1.54, 1.807) is 23.1 Å². The van der Waals surface area contributed by atoms with Crippen molar-refractivity contribution in [2.75, 3.05) is 12.0 Å². The monoisotopic (exact) mass is 384 g/mol. The van der Waals surface area contributed by atoms with Crippen LogP contribution in [0.5, 0.6) is 0 Å². The molecule has 0 spiro atoms. The average molecular weight is 385 g/mol. The van der Waals surface area contributed by atoms with Gasteiger partial charge < -0.3 is 4.57 Å². The number of aromatic nitrogens is 1. The van der Waals surface area contributed by atoms with Gasteiger partial charge in [0.05, 0.1) is 10.2 Å². The number of fused-ring (bicyclic) bond motifs is 1. The molecule has 0 fully saturated rings. The zero-order valence-corrected chi connectivity index (χ0v) is 17.3. The maximum atomic E-state index is 12.8. The Bertz CT molecular complexity index is 1010. The summed E-state index contributed by atoms with van der Waals surface area (Å²) in [6, 6.07) is 12.4. The largest absolute Gasteiger partial charge is 0.316 e. The molecule has 1 amide bonds. The summed E-state index contributed by atoms with van der Waals surface area (Å²) in [5.74, 6) is 0.828. The first kappa shape index (κ1) is 18.9. The third-order valence-corrected chi connectivity index (χ3v) is 6.12. The summed E-state index contributed by atoms with van der Waals surface area (Å²) in [7, 11) is 0. The molecule has 3 aromatic rings. The number of benzene rings is 2. The molecule has 3 rings (SSSR count). The van der Waals surface area contributed by atoms with Crippen LogP contribution in [0.15, 0.2) is 41.4 Å². The molecule has 0 saturated carbocycles. The standard InChI is InChI=1S/C21H24N2OS2/c1-5-16-7-9-18-19(13-16)26-21(23(18)10-11-25-4)22-20(24)17-8-6-14(2)12-15(17)3/h6-9,12-13H,5,10-11H2,1-4H3. The molecule has 1 heterocycles. The zero-order chi connectivity index (χ0) is 18.7. The molecule has 0 unspecified atom stereocenters. The van der Waals surface area contributed by atoms with E-state index in [4.69, 9.17) is 0 Å². The molecule has 0 atom stereocenters. The molecule has 0 saturated heterocycles. The van der Waals surface area contributed by atoms with E-state index < -0.39 is 0 Å². The fraction of sp³-hybridized carbons (Fsp3) is 0.333. The number of amides is 1. The van der Waals surface area contributed by atoms with Crippen molar-refractivity contribution in [2.45, 2.75) is 33.7 Å². The van der Waals surface area contributed by atoms with E-state index in [-0.39, 0.29) is 5.91 Å². The third kappa shape index (κ3) is 3.94. The number of hydrogen-bond donors (Lipinski definition) is 0. The van der Waals surface area contributed by atoms with E-state index in [1.165, 1.54) is 10.3 Å². The van der Waals surface area contributed by atoms with Gasteiger partial charge in [-0.05, 0) is 55.9 Å². The van der Waals surface area contributed by atoms with E-state index in [1.807, 2.05) is 32.0 Å². The van der Waals surface area contributed by atoms with Crippen molar-refractivity contribution >= 4 is 39.2 Å². The van der Waals surface area contributed by atoms with Gasteiger partial charge >= 0.3 is 0 Å². The molecule has 2 aromatic carbocycles. The van der Waals surface area contributed by atoms with Gasteiger partial charge in [-0.2, -0.15) is 16.8 Å². The van der Waals surface area contributed by atoms with Crippen LogP contribution < -0.4 is 4.80 Å². The van der Waals surface area contributed by atoms with Crippen LogP contribution in [0.4, 0.5) is 0 Å². The summed E-state index contributed by atoms with van der Waals surface area (Å²) in [4.78, 5) is 18.1. The van der Waals surface area contributed by atoms with E-state index >= 15 is 0 Å². The van der Waals surface area contributed by atoms with Crippen LogP contribution in [0, 0.1) is 13.8 Å². The molecule has 0 aliphatic rings. The number of thiazole rings is 1. The van der Waals surface area contributed by atoms with E-state index in [0.29, 0.717) is 5.56 Å². The summed E-state index contributed by atoms with van der Waals surface area (Å²) in [6.07, 6.45) is 3.11. The highest BCUT2D eigenvalue weighted by atomic mass is 32.2. The van der Waals surface area contributed by atoms with Crippen molar-refractivity contribution < 1.29 is 4.79 Å². The Hall–Kier alpha value is -1.85. The van der Waals surface area contributed by atoms with E-state index in [9.17, 15) is 4.79 Å². The Morgan fingerprint density at radius 2 is 2.00 bits per heavy atom. The highest BCUT2D eigenvalue weighted by Crippen LogP contribution is 2.20. The molecule has 1 aromatic heterocycles. The third-order valence-electron chi connectivity index (χ3n) is 4.48. The molecule has 0 bridgehead atoms. The fourth-order valence-electron chi connectivity index (χ4n) is 3.02. The number of thioether (sulfide) groups is 1. The van der Waals surface area contributed by atoms with Gasteiger partial charge in [-0.1, -0.05) is 42.0 Å². The van der Waals surface area contributed by atoms with Gasteiger partial charge in [0.15, 0.2) is 4.80 Å². The minimum absolute atomic E-state index is 0.164. The SMILES string of the molecule is CCc1ccc2c(c1)sc(=NC(=O)c1ccc(C)cc1C)n2CCSC.